The van der Waals surface area contributed by atoms with Gasteiger partial charge in [0.2, 0.25) is 0 Å². The van der Waals surface area contributed by atoms with E-state index in [0.29, 0.717) is 57.8 Å². The van der Waals surface area contributed by atoms with E-state index in [1.807, 2.05) is 48.5 Å². The van der Waals surface area contributed by atoms with Crippen LogP contribution in [0, 0.1) is 37.9 Å². The molecular weight excluding hydrogens is 1220 g/mol. The Bertz CT molecular complexity index is 2870. The van der Waals surface area contributed by atoms with Gasteiger partial charge in [0.25, 0.3) is 23.6 Å². The first-order chi connectivity index (χ1) is 41.5. The zero-order valence-electron chi connectivity index (χ0n) is 52.7. The van der Waals surface area contributed by atoms with E-state index < -0.39 is 139 Å². The Morgan fingerprint density at radius 2 is 0.800 bits per heavy atom. The molecule has 0 aromatic heterocycles. The van der Waals surface area contributed by atoms with Crippen LogP contribution in [0.15, 0.2) is 28.7 Å². The molecule has 5 rings (SSSR count). The zero-order chi connectivity index (χ0) is 67.3. The predicted molar refractivity (Wildman–Crippen MR) is 312 cm³/mol. The maximum absolute atomic E-state index is 13.4. The Hall–Kier alpha value is -7.41. The molecule has 0 aromatic carbocycles. The summed E-state index contributed by atoms with van der Waals surface area (Å²) in [6.45, 7) is 15.9. The summed E-state index contributed by atoms with van der Waals surface area (Å²) in [5.74, 6) is -3.95. The molecule has 506 valence electrons. The number of unbranched alkanes of at least 4 members (excludes halogenated alkanes) is 1. The summed E-state index contributed by atoms with van der Waals surface area (Å²) in [6, 6.07) is -1.35. The first-order valence-electron chi connectivity index (χ1n) is 29.7. The van der Waals surface area contributed by atoms with Gasteiger partial charge in [-0.2, -0.15) is 26.0 Å². The molecule has 0 aromatic rings. The van der Waals surface area contributed by atoms with Crippen molar-refractivity contribution in [1.82, 2.24) is 41.7 Å². The maximum atomic E-state index is 13.4. The average molecular weight is 1300 g/mol. The van der Waals surface area contributed by atoms with E-state index in [2.05, 4.69) is 50.1 Å². The van der Waals surface area contributed by atoms with Crippen LogP contribution in [0.5, 0.6) is 0 Å². The number of halogens is 3. The second-order valence-electron chi connectivity index (χ2n) is 27.9. The molecule has 0 spiro atoms. The third-order valence-corrected chi connectivity index (χ3v) is 17.2. The van der Waals surface area contributed by atoms with E-state index in [1.165, 1.54) is 0 Å². The topological polar surface area (TPSA) is 374 Å². The number of alkyl carbamates (subject to hydrolysis) is 6. The van der Waals surface area contributed by atoms with Crippen molar-refractivity contribution >= 4 is 76.1 Å². The molecule has 32 heteroatoms. The largest absolute Gasteiger partial charge is 0.861 e. The lowest BCUT2D eigenvalue weighted by Crippen LogP contribution is -2.52. The Kier molecular flexibility index (Phi) is 24.2. The monoisotopic (exact) mass is 1300 g/mol. The highest BCUT2D eigenvalue weighted by molar-refractivity contribution is 7.91. The van der Waals surface area contributed by atoms with Gasteiger partial charge >= 0.3 is 52.1 Å². The van der Waals surface area contributed by atoms with E-state index in [-0.39, 0.29) is 77.0 Å². The smallest absolute Gasteiger partial charge is 0.518 e. The maximum Gasteiger partial charge on any atom is 0.518 e. The van der Waals surface area contributed by atoms with Crippen molar-refractivity contribution < 1.29 is 103 Å². The van der Waals surface area contributed by atoms with Crippen LogP contribution in [-0.4, -0.2) is 180 Å². The highest BCUT2D eigenvalue weighted by Gasteiger charge is 2.48. The van der Waals surface area contributed by atoms with Crippen molar-refractivity contribution in [3.05, 3.63) is 24.3 Å². The molecule has 0 saturated heterocycles. The molecule has 0 radical (unpaired) electrons. The van der Waals surface area contributed by atoms with Crippen LogP contribution in [0.3, 0.4) is 0 Å². The summed E-state index contributed by atoms with van der Waals surface area (Å²) in [5.41, 5.74) is -11.3. The van der Waals surface area contributed by atoms with Crippen LogP contribution in [0.1, 0.15) is 140 Å². The van der Waals surface area contributed by atoms with Crippen LogP contribution in [-0.2, 0) is 57.6 Å². The minimum absolute atomic E-state index is 0.00481. The Morgan fingerprint density at radius 1 is 0.511 bits per heavy atom. The number of nitrogens with zero attached hydrogens (tertiary/aromatic N) is 3. The summed E-state index contributed by atoms with van der Waals surface area (Å²) >= 11 is 0. The van der Waals surface area contributed by atoms with E-state index in [9.17, 15) is 74.6 Å². The number of hydrogen-bond donors (Lipinski definition) is 6. The van der Waals surface area contributed by atoms with Crippen molar-refractivity contribution in [1.29, 1.82) is 0 Å². The molecule has 6 N–H and O–H groups in total. The van der Waals surface area contributed by atoms with Gasteiger partial charge in [-0.05, 0) is 116 Å². The quantitative estimate of drug-likeness (QED) is 0.0209. The van der Waals surface area contributed by atoms with Crippen molar-refractivity contribution in [3.63, 3.8) is 0 Å². The van der Waals surface area contributed by atoms with Crippen LogP contribution in [0.25, 0.3) is 0 Å². The minimum Gasteiger partial charge on any atom is -0.861 e. The fraction of sp³-hybridized carbons (Fsp3) is 0.741. The van der Waals surface area contributed by atoms with Gasteiger partial charge < -0.3 is 65.4 Å². The fourth-order valence-electron chi connectivity index (χ4n) is 13.4. The SMILES string of the molecule is CC1(C)CC(NC(=O)OCCN2C(=O)C=CC2=O)CC(C)(CNC(=O)OCCCCOC(=O)NC2CC(C)(C)CC(C)(CNC(=O)OCC(C)(COC(=O)NC3CC(C)(C)CC(C)(CNC(=O)OCCN4C(=O)C=CC4=O)C3)/C([O-])=N/S(=O)(=O)C(F)(F)F)C2)C1. The average Bonchev–Trinajstić information content (AvgIpc) is 1.17. The van der Waals surface area contributed by atoms with Gasteiger partial charge in [-0.15, -0.1) is 0 Å². The van der Waals surface area contributed by atoms with Crippen molar-refractivity contribution in [2.45, 2.75) is 164 Å². The van der Waals surface area contributed by atoms with Gasteiger partial charge in [-0.1, -0.05) is 62.3 Å². The number of carbonyl (C=O) groups excluding carboxylic acids is 10. The van der Waals surface area contributed by atoms with Crippen molar-refractivity contribution in [3.8, 4) is 0 Å². The van der Waals surface area contributed by atoms with Crippen LogP contribution in [0.4, 0.5) is 41.9 Å². The lowest BCUT2D eigenvalue weighted by Gasteiger charge is -2.46. The highest BCUT2D eigenvalue weighted by atomic mass is 32.2. The number of amides is 10. The number of alkyl halides is 3. The Labute approximate surface area is 521 Å². The van der Waals surface area contributed by atoms with Gasteiger partial charge in [0, 0.05) is 62.1 Å². The summed E-state index contributed by atoms with van der Waals surface area (Å²) in [4.78, 5) is 127. The molecule has 3 aliphatic carbocycles. The van der Waals surface area contributed by atoms with Gasteiger partial charge in [0.1, 0.15) is 26.4 Å². The molecule has 3 saturated carbocycles. The number of carbonyl (C=O) groups is 10. The van der Waals surface area contributed by atoms with Crippen molar-refractivity contribution in [2.75, 3.05) is 72.4 Å². The zero-order valence-corrected chi connectivity index (χ0v) is 53.6. The second-order valence-corrected chi connectivity index (χ2v) is 29.5. The molecule has 5 aliphatic rings. The van der Waals surface area contributed by atoms with E-state index >= 15 is 0 Å². The number of hydrogen-bond acceptors (Lipinski definition) is 19. The fourth-order valence-corrected chi connectivity index (χ4v) is 14.0. The lowest BCUT2D eigenvalue weighted by molar-refractivity contribution is -0.233. The predicted octanol–water partition coefficient (Wildman–Crippen LogP) is 5.34. The number of ether oxygens (including phenoxy) is 6. The number of nitrogens with one attached hydrogen (secondary N) is 6. The molecule has 0 bridgehead atoms. The summed E-state index contributed by atoms with van der Waals surface area (Å²) in [6.07, 6.45) is 4.52. The highest BCUT2D eigenvalue weighted by Crippen LogP contribution is 2.48. The molecule has 7 atom stereocenters. The van der Waals surface area contributed by atoms with Crippen LogP contribution < -0.4 is 37.0 Å². The van der Waals surface area contributed by atoms with Gasteiger partial charge in [0.05, 0.1) is 31.7 Å². The third kappa shape index (κ3) is 22.8. The molecule has 28 nitrogen and oxygen atoms in total. The summed E-state index contributed by atoms with van der Waals surface area (Å²) in [7, 11) is -6.40. The molecular formula is C58H87F3N9O19S-. The molecule has 2 aliphatic heterocycles. The third-order valence-electron chi connectivity index (χ3n) is 16.2. The van der Waals surface area contributed by atoms with E-state index in [1.54, 1.807) is 0 Å². The first kappa shape index (κ1) is 73.3. The van der Waals surface area contributed by atoms with Gasteiger partial charge in [-0.25, -0.2) is 28.8 Å². The summed E-state index contributed by atoms with van der Waals surface area (Å²) in [5, 5.41) is 29.8. The van der Waals surface area contributed by atoms with E-state index in [0.717, 1.165) is 47.4 Å². The molecule has 3 fully saturated rings. The van der Waals surface area contributed by atoms with Gasteiger partial charge in [-0.3, -0.25) is 29.0 Å². The molecule has 10 amide bonds. The molecule has 2 heterocycles. The lowest BCUT2D eigenvalue weighted by atomic mass is 9.62. The Balaban J connectivity index is 1.04. The molecule has 90 heavy (non-hydrogen) atoms. The normalized spacial score (nSPS) is 26.1. The number of rotatable bonds is 26. The number of imide groups is 2. The molecule has 7 unspecified atom stereocenters. The van der Waals surface area contributed by atoms with Crippen LogP contribution in [0.2, 0.25) is 0 Å². The van der Waals surface area contributed by atoms with Crippen molar-refractivity contribution in [2.24, 2.45) is 42.3 Å². The second kappa shape index (κ2) is 29.7. The number of sulfonamides is 1. The summed E-state index contributed by atoms with van der Waals surface area (Å²) < 4.78 is 98.5. The van der Waals surface area contributed by atoms with Crippen LogP contribution >= 0.6 is 0 Å². The van der Waals surface area contributed by atoms with E-state index in [4.69, 9.17) is 28.4 Å². The standard InChI is InChI=1S/C58H88F3N9O19S/c1-51(2)23-37(65-48(79)85-20-12-11-19-84-45(76)62-32-54(7)27-38(24-52(3,4)29-54)66-49(80)87-22-18-70-42(73)15-16-43(70)74)26-56(9,31-51)34-64-47(78)88-35-57(10,44(75)68-90(82,83)58(59,60)61)36-89-50(81)67-39-25-53(5,6)30-55(8,28-39)33-63-46(77)86-21-17-69-40(71)13-14-41(69)72/h13-16,37-39H,11-12,17-36H2,1-10H3,(H,62,76)(H,63,77)(H,64,78)(H,65,79)(H,66,80)(H,67,81)(H,68,75)/p-1. The minimum atomic E-state index is -6.40. The Morgan fingerprint density at radius 3 is 1.14 bits per heavy atom. The van der Waals surface area contributed by atoms with Gasteiger partial charge in [0.15, 0.2) is 0 Å². The first-order valence-corrected chi connectivity index (χ1v) is 31.1.